The topological polar surface area (TPSA) is 34.1 Å². The predicted octanol–water partition coefficient (Wildman–Crippen LogP) is 3.45. The molecule has 3 rings (SSSR count). The summed E-state index contributed by atoms with van der Waals surface area (Å²) in [5, 5.41) is 2.27. The fraction of sp³-hybridized carbons (Fsp3) is 0.0769. The summed E-state index contributed by atoms with van der Waals surface area (Å²) in [6.45, 7) is 0. The third-order valence-electron chi connectivity index (χ3n) is 3.01. The van der Waals surface area contributed by atoms with Crippen LogP contribution < -0.4 is 0 Å². The Labute approximate surface area is 107 Å². The summed E-state index contributed by atoms with van der Waals surface area (Å²) in [4.78, 5) is 23.2. The van der Waals surface area contributed by atoms with Crippen molar-refractivity contribution in [2.24, 2.45) is 0 Å². The van der Waals surface area contributed by atoms with Gasteiger partial charge in [-0.15, -0.1) is 0 Å². The summed E-state index contributed by atoms with van der Waals surface area (Å²) < 4.78 is 0. The average Bonchev–Trinajstić information content (AvgIpc) is 2.60. The van der Waals surface area contributed by atoms with Gasteiger partial charge in [-0.25, -0.2) is 0 Å². The van der Waals surface area contributed by atoms with Gasteiger partial charge in [-0.1, -0.05) is 41.4 Å². The number of hydrogen-bond acceptors (Lipinski definition) is 2. The second-order valence-electron chi connectivity index (χ2n) is 3.99. The van der Waals surface area contributed by atoms with E-state index in [0.717, 1.165) is 5.56 Å². The molecule has 0 unspecified atom stereocenters. The van der Waals surface area contributed by atoms with Crippen molar-refractivity contribution in [1.29, 1.82) is 0 Å². The first-order valence-corrected chi connectivity index (χ1v) is 5.82. The number of carbonyl (C=O) groups is 2. The van der Waals surface area contributed by atoms with Gasteiger partial charge in [-0.3, -0.25) is 9.59 Å². The highest BCUT2D eigenvalue weighted by atomic mass is 35.5. The van der Waals surface area contributed by atoms with Crippen LogP contribution in [-0.2, 0) is 11.2 Å². The largest absolute Gasteiger partial charge is 0.290 e. The summed E-state index contributed by atoms with van der Waals surface area (Å²) >= 11 is 12.0. The van der Waals surface area contributed by atoms with Crippen LogP contribution in [-0.4, -0.2) is 11.6 Å². The molecule has 0 aliphatic heterocycles. The molecule has 0 radical (unpaired) electrons. The number of Topliss-reactive ketones (excluding diaryl/α,β-unsaturated/α-hetero) is 2. The molecular weight excluding hydrogens is 259 g/mol. The Bertz CT molecular complexity index is 689. The van der Waals surface area contributed by atoms with Crippen LogP contribution in [0.1, 0.15) is 15.9 Å². The summed E-state index contributed by atoms with van der Waals surface area (Å²) in [7, 11) is 0. The molecule has 0 aromatic heterocycles. The summed E-state index contributed by atoms with van der Waals surface area (Å²) in [6.07, 6.45) is 0.185. The summed E-state index contributed by atoms with van der Waals surface area (Å²) in [6, 6.07) is 6.94. The Morgan fingerprint density at radius 3 is 2.41 bits per heavy atom. The molecule has 17 heavy (non-hydrogen) atoms. The predicted molar refractivity (Wildman–Crippen MR) is 67.0 cm³/mol. The van der Waals surface area contributed by atoms with E-state index in [4.69, 9.17) is 23.2 Å². The Balaban J connectivity index is 2.46. The molecule has 2 aromatic carbocycles. The van der Waals surface area contributed by atoms with Crippen LogP contribution in [0.4, 0.5) is 0 Å². The Kier molecular flexibility index (Phi) is 2.25. The van der Waals surface area contributed by atoms with E-state index in [1.165, 1.54) is 0 Å². The van der Waals surface area contributed by atoms with E-state index in [0.29, 0.717) is 26.4 Å². The molecule has 4 heteroatoms. The van der Waals surface area contributed by atoms with Crippen molar-refractivity contribution in [1.82, 2.24) is 0 Å². The van der Waals surface area contributed by atoms with E-state index in [1.54, 1.807) is 24.3 Å². The van der Waals surface area contributed by atoms with Crippen molar-refractivity contribution in [2.45, 2.75) is 6.42 Å². The molecule has 1 aliphatic rings. The van der Waals surface area contributed by atoms with Crippen LogP contribution in [0.25, 0.3) is 10.8 Å². The van der Waals surface area contributed by atoms with Gasteiger partial charge in [0.15, 0.2) is 0 Å². The molecule has 0 bridgehead atoms. The maximum atomic E-state index is 11.8. The molecule has 0 saturated carbocycles. The van der Waals surface area contributed by atoms with E-state index < -0.39 is 5.78 Å². The number of carbonyl (C=O) groups excluding carboxylic acids is 2. The van der Waals surface area contributed by atoms with Gasteiger partial charge in [-0.2, -0.15) is 0 Å². The smallest absolute Gasteiger partial charge is 0.229 e. The van der Waals surface area contributed by atoms with E-state index >= 15 is 0 Å². The number of ketones is 2. The minimum absolute atomic E-state index is 0.185. The fourth-order valence-electron chi connectivity index (χ4n) is 2.20. The average molecular weight is 265 g/mol. The number of halogens is 2. The molecule has 2 nitrogen and oxygen atoms in total. The van der Waals surface area contributed by atoms with Crippen molar-refractivity contribution in [2.75, 3.05) is 0 Å². The highest BCUT2D eigenvalue weighted by Crippen LogP contribution is 2.35. The van der Waals surface area contributed by atoms with Gasteiger partial charge in [0.2, 0.25) is 11.6 Å². The SMILES string of the molecule is O=C1Cc2ccc3c(Cl)c(Cl)ccc3c2C1=O. The Morgan fingerprint density at radius 2 is 1.65 bits per heavy atom. The fourth-order valence-corrected chi connectivity index (χ4v) is 2.59. The number of benzene rings is 2. The molecule has 0 saturated heterocycles. The van der Waals surface area contributed by atoms with Crippen molar-refractivity contribution in [3.05, 3.63) is 45.4 Å². The van der Waals surface area contributed by atoms with E-state index in [2.05, 4.69) is 0 Å². The van der Waals surface area contributed by atoms with Gasteiger partial charge < -0.3 is 0 Å². The minimum atomic E-state index is -0.427. The maximum Gasteiger partial charge on any atom is 0.229 e. The number of hydrogen-bond donors (Lipinski definition) is 0. The first-order chi connectivity index (χ1) is 8.09. The van der Waals surface area contributed by atoms with Crippen LogP contribution in [0.5, 0.6) is 0 Å². The van der Waals surface area contributed by atoms with Crippen LogP contribution in [0, 0.1) is 0 Å². The highest BCUT2D eigenvalue weighted by Gasteiger charge is 2.30. The first kappa shape index (κ1) is 10.8. The summed E-state index contributed by atoms with van der Waals surface area (Å²) in [5.74, 6) is -0.789. The zero-order chi connectivity index (χ0) is 12.2. The van der Waals surface area contributed by atoms with Gasteiger partial charge >= 0.3 is 0 Å². The van der Waals surface area contributed by atoms with Gasteiger partial charge in [0, 0.05) is 17.4 Å². The first-order valence-electron chi connectivity index (χ1n) is 5.06. The monoisotopic (exact) mass is 264 g/mol. The van der Waals surface area contributed by atoms with Crippen molar-refractivity contribution in [3.8, 4) is 0 Å². The zero-order valence-electron chi connectivity index (χ0n) is 8.59. The van der Waals surface area contributed by atoms with Gasteiger partial charge in [0.25, 0.3) is 0 Å². The third-order valence-corrected chi connectivity index (χ3v) is 3.82. The van der Waals surface area contributed by atoms with Crippen molar-refractivity contribution < 1.29 is 9.59 Å². The minimum Gasteiger partial charge on any atom is -0.290 e. The van der Waals surface area contributed by atoms with E-state index in [1.807, 2.05) is 0 Å². The van der Waals surface area contributed by atoms with Crippen LogP contribution in [0.15, 0.2) is 24.3 Å². The van der Waals surface area contributed by atoms with Gasteiger partial charge in [0.05, 0.1) is 10.0 Å². The van der Waals surface area contributed by atoms with E-state index in [9.17, 15) is 9.59 Å². The van der Waals surface area contributed by atoms with E-state index in [-0.39, 0.29) is 12.2 Å². The number of fused-ring (bicyclic) bond motifs is 3. The lowest BCUT2D eigenvalue weighted by Crippen LogP contribution is -2.06. The summed E-state index contributed by atoms with van der Waals surface area (Å²) in [5.41, 5.74) is 1.25. The zero-order valence-corrected chi connectivity index (χ0v) is 10.1. The molecule has 0 atom stereocenters. The lowest BCUT2D eigenvalue weighted by Gasteiger charge is -2.06. The van der Waals surface area contributed by atoms with Crippen molar-refractivity contribution in [3.63, 3.8) is 0 Å². The third kappa shape index (κ3) is 1.41. The van der Waals surface area contributed by atoms with Gasteiger partial charge in [-0.05, 0) is 17.0 Å². The molecule has 0 fully saturated rings. The molecule has 0 spiro atoms. The molecule has 1 aliphatic carbocycles. The molecule has 0 amide bonds. The Hall–Kier alpha value is -1.38. The second-order valence-corrected chi connectivity index (χ2v) is 4.77. The normalized spacial score (nSPS) is 14.5. The molecule has 2 aromatic rings. The number of rotatable bonds is 0. The lowest BCUT2D eigenvalue weighted by molar-refractivity contribution is -0.114. The van der Waals surface area contributed by atoms with Crippen molar-refractivity contribution >= 4 is 45.5 Å². The van der Waals surface area contributed by atoms with Crippen LogP contribution >= 0.6 is 23.2 Å². The lowest BCUT2D eigenvalue weighted by atomic mass is 10.0. The molecule has 0 N–H and O–H groups in total. The maximum absolute atomic E-state index is 11.8. The quantitative estimate of drug-likeness (QED) is 0.683. The molecule has 84 valence electrons. The standard InChI is InChI=1S/C13H6Cl2O2/c14-9-4-3-7-8(12(9)15)2-1-6-5-10(16)13(17)11(6)7/h1-4H,5H2. The van der Waals surface area contributed by atoms with Crippen LogP contribution in [0.3, 0.4) is 0 Å². The van der Waals surface area contributed by atoms with Crippen LogP contribution in [0.2, 0.25) is 10.0 Å². The molecule has 0 heterocycles. The second kappa shape index (κ2) is 3.56. The highest BCUT2D eigenvalue weighted by molar-refractivity contribution is 6.51. The molecular formula is C13H6Cl2O2. The van der Waals surface area contributed by atoms with Gasteiger partial charge in [0.1, 0.15) is 0 Å². The Morgan fingerprint density at radius 1 is 0.941 bits per heavy atom.